The molecule has 28 heavy (non-hydrogen) atoms. The molecule has 0 radical (unpaired) electrons. The van der Waals surface area contributed by atoms with Crippen LogP contribution >= 0.6 is 0 Å². The molecule has 2 aromatic rings. The molecule has 7 heteroatoms. The van der Waals surface area contributed by atoms with Crippen molar-refractivity contribution in [3.8, 4) is 11.1 Å². The van der Waals surface area contributed by atoms with Gasteiger partial charge in [-0.3, -0.25) is 19.2 Å². The van der Waals surface area contributed by atoms with Crippen molar-refractivity contribution < 1.29 is 24.3 Å². The highest BCUT2D eigenvalue weighted by Gasteiger charge is 2.40. The molecule has 0 bridgehead atoms. The molecule has 2 amide bonds. The highest BCUT2D eigenvalue weighted by atomic mass is 16.4. The number of Topliss-reactive ketones (excluding diaryl/α,β-unsaturated/α-hetero) is 1. The molecule has 1 unspecified atom stereocenters. The zero-order valence-corrected chi connectivity index (χ0v) is 15.1. The molecule has 3 rings (SSSR count). The molecule has 1 atom stereocenters. The third-order valence-electron chi connectivity index (χ3n) is 4.59. The lowest BCUT2D eigenvalue weighted by atomic mass is 9.93. The summed E-state index contributed by atoms with van der Waals surface area (Å²) in [5.74, 6) is -4.66. The quantitative estimate of drug-likeness (QED) is 0.739. The number of nitrogens with zero attached hydrogens (tertiary/aromatic N) is 1. The van der Waals surface area contributed by atoms with Crippen molar-refractivity contribution in [2.75, 3.05) is 13.1 Å². The Hall–Kier alpha value is -3.48. The lowest BCUT2D eigenvalue weighted by Crippen LogP contribution is -2.52. The minimum absolute atomic E-state index is 0.0648. The number of amides is 2. The molecular formula is C21H20N2O5. The zero-order valence-electron chi connectivity index (χ0n) is 15.1. The van der Waals surface area contributed by atoms with Crippen LogP contribution in [0.2, 0.25) is 0 Å². The number of hydrogen-bond donors (Lipinski definition) is 2. The maximum atomic E-state index is 12.7. The molecule has 2 aromatic carbocycles. The van der Waals surface area contributed by atoms with Crippen LogP contribution in [0.4, 0.5) is 0 Å². The number of carbonyl (C=O) groups excluding carboxylic acids is 3. The number of hydrogen-bond acceptors (Lipinski definition) is 4. The summed E-state index contributed by atoms with van der Waals surface area (Å²) in [4.78, 5) is 48.9. The lowest BCUT2D eigenvalue weighted by Gasteiger charge is -2.30. The predicted octanol–water partition coefficient (Wildman–Crippen LogP) is 1.47. The first kappa shape index (κ1) is 19.3. The molecule has 0 aromatic heterocycles. The fraction of sp³-hybridized carbons (Fsp3) is 0.238. The Morgan fingerprint density at radius 1 is 1.04 bits per heavy atom. The minimum atomic E-state index is -1.48. The van der Waals surface area contributed by atoms with Gasteiger partial charge in [0, 0.05) is 19.5 Å². The Balaban J connectivity index is 1.74. The third-order valence-corrected chi connectivity index (χ3v) is 4.59. The Bertz CT molecular complexity index is 910. The third kappa shape index (κ3) is 4.43. The first-order valence-electron chi connectivity index (χ1n) is 8.91. The minimum Gasteiger partial charge on any atom is -0.480 e. The summed E-state index contributed by atoms with van der Waals surface area (Å²) in [6.45, 7) is -0.125. The Morgan fingerprint density at radius 2 is 1.75 bits per heavy atom. The van der Waals surface area contributed by atoms with Crippen molar-refractivity contribution in [2.24, 2.45) is 5.92 Å². The molecule has 7 nitrogen and oxygen atoms in total. The highest BCUT2D eigenvalue weighted by Crippen LogP contribution is 2.23. The van der Waals surface area contributed by atoms with Crippen molar-refractivity contribution >= 4 is 23.6 Å². The van der Waals surface area contributed by atoms with Crippen molar-refractivity contribution in [2.45, 2.75) is 13.0 Å². The standard InChI is InChI=1S/C21H20N2O5/c24-17-9-10-23(21(28)19(17)20(27)22-12-18(25)26)13-14-5-4-8-16(11-14)15-6-2-1-3-7-15/h1-8,11,19H,9-10,12-13H2,(H,22,27)(H,25,26). The second-order valence-corrected chi connectivity index (χ2v) is 6.59. The topological polar surface area (TPSA) is 104 Å². The normalized spacial score (nSPS) is 16.7. The van der Waals surface area contributed by atoms with Gasteiger partial charge in [-0.15, -0.1) is 0 Å². The Kier molecular flexibility index (Phi) is 5.84. The van der Waals surface area contributed by atoms with Gasteiger partial charge in [-0.2, -0.15) is 0 Å². The van der Waals surface area contributed by atoms with Crippen LogP contribution in [0, 0.1) is 5.92 Å². The van der Waals surface area contributed by atoms with E-state index in [1.807, 2.05) is 54.6 Å². The van der Waals surface area contributed by atoms with E-state index in [-0.39, 0.29) is 19.5 Å². The van der Waals surface area contributed by atoms with Crippen LogP contribution in [0.1, 0.15) is 12.0 Å². The average molecular weight is 380 g/mol. The number of carboxylic acid groups (broad SMARTS) is 1. The summed E-state index contributed by atoms with van der Waals surface area (Å²) in [5, 5.41) is 10.8. The van der Waals surface area contributed by atoms with E-state index >= 15 is 0 Å². The Morgan fingerprint density at radius 3 is 2.46 bits per heavy atom. The second-order valence-electron chi connectivity index (χ2n) is 6.59. The number of ketones is 1. The van der Waals surface area contributed by atoms with Gasteiger partial charge in [0.15, 0.2) is 11.7 Å². The molecule has 144 valence electrons. The summed E-state index contributed by atoms with van der Waals surface area (Å²) in [7, 11) is 0. The number of piperidine rings is 1. The first-order valence-corrected chi connectivity index (χ1v) is 8.91. The van der Waals surface area contributed by atoms with Gasteiger partial charge in [0.1, 0.15) is 6.54 Å². The van der Waals surface area contributed by atoms with Crippen molar-refractivity contribution in [1.29, 1.82) is 0 Å². The molecule has 1 heterocycles. The predicted molar refractivity (Wildman–Crippen MR) is 101 cm³/mol. The monoisotopic (exact) mass is 380 g/mol. The second kappa shape index (κ2) is 8.47. The molecular weight excluding hydrogens is 360 g/mol. The van der Waals surface area contributed by atoms with E-state index in [4.69, 9.17) is 5.11 Å². The van der Waals surface area contributed by atoms with E-state index in [1.54, 1.807) is 0 Å². The summed E-state index contributed by atoms with van der Waals surface area (Å²) < 4.78 is 0. The van der Waals surface area contributed by atoms with Crippen LogP contribution in [0.5, 0.6) is 0 Å². The fourth-order valence-corrected chi connectivity index (χ4v) is 3.20. The number of carbonyl (C=O) groups is 4. The molecule has 0 spiro atoms. The summed E-state index contributed by atoms with van der Waals surface area (Å²) in [6, 6.07) is 17.5. The van der Waals surface area contributed by atoms with E-state index in [9.17, 15) is 19.2 Å². The van der Waals surface area contributed by atoms with E-state index in [0.29, 0.717) is 0 Å². The number of carboxylic acids is 1. The lowest BCUT2D eigenvalue weighted by molar-refractivity contribution is -0.152. The fourth-order valence-electron chi connectivity index (χ4n) is 3.20. The summed E-state index contributed by atoms with van der Waals surface area (Å²) in [6.07, 6.45) is 0.0648. The maximum absolute atomic E-state index is 12.7. The molecule has 2 N–H and O–H groups in total. The van der Waals surface area contributed by atoms with Gasteiger partial charge in [0.05, 0.1) is 0 Å². The van der Waals surface area contributed by atoms with E-state index in [0.717, 1.165) is 16.7 Å². The molecule has 1 aliphatic heterocycles. The van der Waals surface area contributed by atoms with Gasteiger partial charge in [0.25, 0.3) is 0 Å². The Labute approximate surface area is 162 Å². The van der Waals surface area contributed by atoms with Crippen molar-refractivity contribution in [3.63, 3.8) is 0 Å². The maximum Gasteiger partial charge on any atom is 0.322 e. The van der Waals surface area contributed by atoms with Crippen molar-refractivity contribution in [1.82, 2.24) is 10.2 Å². The van der Waals surface area contributed by atoms with Crippen LogP contribution < -0.4 is 5.32 Å². The van der Waals surface area contributed by atoms with Gasteiger partial charge in [-0.05, 0) is 22.8 Å². The number of aliphatic carboxylic acids is 1. The smallest absolute Gasteiger partial charge is 0.322 e. The van der Waals surface area contributed by atoms with Crippen LogP contribution in [-0.4, -0.2) is 46.7 Å². The molecule has 1 saturated heterocycles. The van der Waals surface area contributed by atoms with Gasteiger partial charge in [-0.1, -0.05) is 48.5 Å². The number of nitrogens with one attached hydrogen (secondary N) is 1. The first-order chi connectivity index (χ1) is 13.5. The largest absolute Gasteiger partial charge is 0.480 e. The number of rotatable bonds is 6. The van der Waals surface area contributed by atoms with Crippen LogP contribution in [-0.2, 0) is 25.7 Å². The SMILES string of the molecule is O=C(O)CNC(=O)C1C(=O)CCN(Cc2cccc(-c3ccccc3)c2)C1=O. The van der Waals surface area contributed by atoms with Gasteiger partial charge >= 0.3 is 5.97 Å². The van der Waals surface area contributed by atoms with Crippen LogP contribution in [0.25, 0.3) is 11.1 Å². The molecule has 1 fully saturated rings. The average Bonchev–Trinajstić information content (AvgIpc) is 2.69. The summed E-state index contributed by atoms with van der Waals surface area (Å²) >= 11 is 0. The van der Waals surface area contributed by atoms with E-state index in [1.165, 1.54) is 4.90 Å². The summed E-state index contributed by atoms with van der Waals surface area (Å²) in [5.41, 5.74) is 2.94. The zero-order chi connectivity index (χ0) is 20.1. The number of benzene rings is 2. The molecule has 1 aliphatic rings. The molecule has 0 aliphatic carbocycles. The van der Waals surface area contributed by atoms with E-state index in [2.05, 4.69) is 5.32 Å². The van der Waals surface area contributed by atoms with E-state index < -0.39 is 36.0 Å². The van der Waals surface area contributed by atoms with Crippen LogP contribution in [0.15, 0.2) is 54.6 Å². The highest BCUT2D eigenvalue weighted by molar-refractivity contribution is 6.19. The van der Waals surface area contributed by atoms with Gasteiger partial charge < -0.3 is 15.3 Å². The molecule has 0 saturated carbocycles. The van der Waals surface area contributed by atoms with Gasteiger partial charge in [0.2, 0.25) is 11.8 Å². The van der Waals surface area contributed by atoms with Gasteiger partial charge in [-0.25, -0.2) is 0 Å². The number of likely N-dealkylation sites (tertiary alicyclic amines) is 1. The van der Waals surface area contributed by atoms with Crippen molar-refractivity contribution in [3.05, 3.63) is 60.2 Å². The van der Waals surface area contributed by atoms with Crippen LogP contribution in [0.3, 0.4) is 0 Å².